The van der Waals surface area contributed by atoms with Crippen LogP contribution in [0.4, 0.5) is 10.1 Å². The van der Waals surface area contributed by atoms with Crippen LogP contribution >= 0.6 is 15.9 Å². The Morgan fingerprint density at radius 3 is 2.46 bits per heavy atom. The number of ether oxygens (including phenoxy) is 1. The van der Waals surface area contributed by atoms with Crippen molar-refractivity contribution in [2.24, 2.45) is 4.99 Å². The Bertz CT molecular complexity index is 742. The largest absolute Gasteiger partial charge is 0.457 e. The Labute approximate surface area is 151 Å². The zero-order valence-electron chi connectivity index (χ0n) is 14.4. The number of aryl methyl sites for hydroxylation is 2. The second-order valence-corrected chi connectivity index (χ2v) is 6.40. The van der Waals surface area contributed by atoms with Gasteiger partial charge in [0.1, 0.15) is 17.3 Å². The van der Waals surface area contributed by atoms with Gasteiger partial charge >= 0.3 is 0 Å². The minimum Gasteiger partial charge on any atom is -0.457 e. The number of rotatable bonds is 6. The van der Waals surface area contributed by atoms with Crippen LogP contribution in [0.2, 0.25) is 0 Å². The minimum absolute atomic E-state index is 0.345. The van der Waals surface area contributed by atoms with E-state index in [0.29, 0.717) is 16.0 Å². The zero-order valence-corrected chi connectivity index (χ0v) is 16.0. The van der Waals surface area contributed by atoms with Crippen molar-refractivity contribution in [2.45, 2.75) is 27.7 Å². The third kappa shape index (κ3) is 4.57. The third-order valence-electron chi connectivity index (χ3n) is 3.78. The van der Waals surface area contributed by atoms with E-state index in [0.717, 1.165) is 29.9 Å². The lowest BCUT2D eigenvalue weighted by Gasteiger charge is -2.15. The average molecular weight is 393 g/mol. The summed E-state index contributed by atoms with van der Waals surface area (Å²) in [6.45, 7) is 10.00. The topological polar surface area (TPSA) is 24.8 Å². The monoisotopic (exact) mass is 392 g/mol. The highest BCUT2D eigenvalue weighted by atomic mass is 79.9. The van der Waals surface area contributed by atoms with Crippen molar-refractivity contribution in [3.05, 3.63) is 51.7 Å². The van der Waals surface area contributed by atoms with E-state index in [-0.39, 0.29) is 5.82 Å². The van der Waals surface area contributed by atoms with Crippen LogP contribution in [0.5, 0.6) is 11.5 Å². The van der Waals surface area contributed by atoms with Gasteiger partial charge in [0.15, 0.2) is 0 Å². The first-order valence-corrected chi connectivity index (χ1v) is 8.76. The molecule has 2 aromatic rings. The molecule has 24 heavy (non-hydrogen) atoms. The van der Waals surface area contributed by atoms with Crippen LogP contribution in [0.15, 0.2) is 39.8 Å². The summed E-state index contributed by atoms with van der Waals surface area (Å²) < 4.78 is 19.9. The average Bonchev–Trinajstić information content (AvgIpc) is 2.56. The second-order valence-electron chi connectivity index (χ2n) is 5.55. The number of benzene rings is 2. The van der Waals surface area contributed by atoms with Crippen molar-refractivity contribution >= 4 is 28.0 Å². The van der Waals surface area contributed by atoms with Crippen molar-refractivity contribution in [2.75, 3.05) is 13.1 Å². The highest BCUT2D eigenvalue weighted by molar-refractivity contribution is 9.10. The summed E-state index contributed by atoms with van der Waals surface area (Å²) in [5.74, 6) is 0.830. The molecule has 2 rings (SSSR count). The van der Waals surface area contributed by atoms with E-state index < -0.39 is 0 Å². The molecule has 0 amide bonds. The van der Waals surface area contributed by atoms with Gasteiger partial charge in [0, 0.05) is 19.2 Å². The van der Waals surface area contributed by atoms with E-state index in [1.165, 1.54) is 6.07 Å². The molecule has 0 radical (unpaired) electrons. The molecular weight excluding hydrogens is 371 g/mol. The Morgan fingerprint density at radius 2 is 1.83 bits per heavy atom. The van der Waals surface area contributed by atoms with E-state index in [4.69, 9.17) is 4.74 Å². The fraction of sp³-hybridized carbons (Fsp3) is 0.316. The van der Waals surface area contributed by atoms with Gasteiger partial charge in [0.25, 0.3) is 0 Å². The summed E-state index contributed by atoms with van der Waals surface area (Å²) >= 11 is 3.14. The number of hydrogen-bond acceptors (Lipinski definition) is 2. The van der Waals surface area contributed by atoms with Gasteiger partial charge < -0.3 is 9.64 Å². The van der Waals surface area contributed by atoms with Crippen LogP contribution in [-0.2, 0) is 0 Å². The van der Waals surface area contributed by atoms with Gasteiger partial charge in [-0.3, -0.25) is 0 Å². The van der Waals surface area contributed by atoms with Crippen LogP contribution in [0.25, 0.3) is 0 Å². The van der Waals surface area contributed by atoms with E-state index in [1.54, 1.807) is 12.1 Å². The number of nitrogens with zero attached hydrogens (tertiary/aromatic N) is 2. The van der Waals surface area contributed by atoms with Gasteiger partial charge in [0.2, 0.25) is 0 Å². The Morgan fingerprint density at radius 1 is 1.12 bits per heavy atom. The third-order valence-corrected chi connectivity index (χ3v) is 4.43. The first kappa shape index (κ1) is 18.5. The lowest BCUT2D eigenvalue weighted by atomic mass is 10.1. The number of hydrogen-bond donors (Lipinski definition) is 0. The summed E-state index contributed by atoms with van der Waals surface area (Å²) in [6, 6.07) is 8.65. The Balaban J connectivity index is 2.24. The molecule has 0 spiro atoms. The summed E-state index contributed by atoms with van der Waals surface area (Å²) in [6.07, 6.45) is 1.87. The smallest absolute Gasteiger partial charge is 0.141 e. The summed E-state index contributed by atoms with van der Waals surface area (Å²) in [5.41, 5.74) is 2.88. The van der Waals surface area contributed by atoms with Crippen molar-refractivity contribution in [3.63, 3.8) is 0 Å². The van der Waals surface area contributed by atoms with Gasteiger partial charge in [0.05, 0.1) is 16.5 Å². The standard InChI is InChI=1S/C19H22BrFN2O/c1-5-23(6-2)12-22-18-9-14(4)19(10-13(18)3)24-15-7-8-16(20)17(21)11-15/h7-12H,5-6H2,1-4H3. The highest BCUT2D eigenvalue weighted by Crippen LogP contribution is 2.32. The first-order chi connectivity index (χ1) is 11.4. The highest BCUT2D eigenvalue weighted by Gasteiger charge is 2.08. The molecule has 0 bridgehead atoms. The molecule has 0 aromatic heterocycles. The maximum absolute atomic E-state index is 13.6. The van der Waals surface area contributed by atoms with Crippen molar-refractivity contribution in [1.29, 1.82) is 0 Å². The molecule has 0 aliphatic heterocycles. The van der Waals surface area contributed by atoms with Gasteiger partial charge in [-0.05, 0) is 79.0 Å². The molecular formula is C19H22BrFN2O. The fourth-order valence-electron chi connectivity index (χ4n) is 2.22. The predicted molar refractivity (Wildman–Crippen MR) is 101 cm³/mol. The molecule has 0 aliphatic carbocycles. The van der Waals surface area contributed by atoms with Crippen LogP contribution in [0, 0.1) is 19.7 Å². The molecule has 3 nitrogen and oxygen atoms in total. The van der Waals surface area contributed by atoms with E-state index >= 15 is 0 Å². The Kier molecular flexibility index (Phi) is 6.37. The number of aliphatic imine (C=N–C) groups is 1. The van der Waals surface area contributed by atoms with Crippen LogP contribution in [0.1, 0.15) is 25.0 Å². The van der Waals surface area contributed by atoms with Crippen molar-refractivity contribution in [3.8, 4) is 11.5 Å². The molecule has 128 valence electrons. The van der Waals surface area contributed by atoms with Crippen LogP contribution in [0.3, 0.4) is 0 Å². The van der Waals surface area contributed by atoms with Crippen molar-refractivity contribution in [1.82, 2.24) is 4.90 Å². The molecule has 0 heterocycles. The van der Waals surface area contributed by atoms with E-state index in [1.807, 2.05) is 32.3 Å². The zero-order chi connectivity index (χ0) is 17.7. The van der Waals surface area contributed by atoms with Gasteiger partial charge in [-0.25, -0.2) is 9.38 Å². The van der Waals surface area contributed by atoms with Gasteiger partial charge in [-0.15, -0.1) is 0 Å². The van der Waals surface area contributed by atoms with E-state index in [9.17, 15) is 4.39 Å². The molecule has 0 fully saturated rings. The lowest BCUT2D eigenvalue weighted by molar-refractivity contribution is 0.472. The minimum atomic E-state index is -0.345. The Hall–Kier alpha value is -1.88. The maximum atomic E-state index is 13.6. The second kappa shape index (κ2) is 8.29. The normalized spacial score (nSPS) is 11.1. The molecule has 5 heteroatoms. The molecule has 0 unspecified atom stereocenters. The molecule has 0 saturated carbocycles. The molecule has 0 aliphatic rings. The van der Waals surface area contributed by atoms with Crippen LogP contribution < -0.4 is 4.74 Å². The number of halogens is 2. The quantitative estimate of drug-likeness (QED) is 0.444. The lowest BCUT2D eigenvalue weighted by Crippen LogP contribution is -2.20. The SMILES string of the molecule is CCN(C=Nc1cc(C)c(Oc2ccc(Br)c(F)c2)cc1C)CC. The molecule has 2 aromatic carbocycles. The van der Waals surface area contributed by atoms with E-state index in [2.05, 4.69) is 39.7 Å². The molecule has 0 N–H and O–H groups in total. The van der Waals surface area contributed by atoms with Gasteiger partial charge in [-0.2, -0.15) is 0 Å². The summed E-state index contributed by atoms with van der Waals surface area (Å²) in [4.78, 5) is 6.69. The first-order valence-electron chi connectivity index (χ1n) is 7.97. The molecule has 0 atom stereocenters. The summed E-state index contributed by atoms with van der Waals surface area (Å²) in [5, 5.41) is 0. The van der Waals surface area contributed by atoms with Crippen LogP contribution in [-0.4, -0.2) is 24.3 Å². The maximum Gasteiger partial charge on any atom is 0.141 e. The van der Waals surface area contributed by atoms with Crippen molar-refractivity contribution < 1.29 is 9.13 Å². The summed E-state index contributed by atoms with van der Waals surface area (Å²) in [7, 11) is 0. The predicted octanol–water partition coefficient (Wildman–Crippen LogP) is 6.00. The fourth-order valence-corrected chi connectivity index (χ4v) is 2.47. The van der Waals surface area contributed by atoms with Gasteiger partial charge in [-0.1, -0.05) is 0 Å². The molecule has 0 saturated heterocycles.